The molecule has 2 fully saturated rings. The number of methoxy groups -OCH3 is 2. The van der Waals surface area contributed by atoms with Crippen molar-refractivity contribution in [2.75, 3.05) is 20.8 Å². The van der Waals surface area contributed by atoms with Gasteiger partial charge in [0.05, 0.1) is 25.2 Å². The van der Waals surface area contributed by atoms with E-state index >= 15 is 0 Å². The van der Waals surface area contributed by atoms with Gasteiger partial charge in [-0.1, -0.05) is 12.1 Å². The van der Waals surface area contributed by atoms with E-state index < -0.39 is 10.0 Å². The summed E-state index contributed by atoms with van der Waals surface area (Å²) in [5.41, 5.74) is 1.35. The molecule has 4 rings (SSSR count). The molecule has 0 spiro atoms. The van der Waals surface area contributed by atoms with Crippen LogP contribution in [0.15, 0.2) is 47.4 Å². The normalized spacial score (nSPS) is 19.0. The van der Waals surface area contributed by atoms with Gasteiger partial charge in [-0.05, 0) is 61.6 Å². The molecular formula is C22H26N2O5S. The van der Waals surface area contributed by atoms with Gasteiger partial charge in [-0.25, -0.2) is 13.1 Å². The van der Waals surface area contributed by atoms with Crippen LogP contribution in [0.5, 0.6) is 11.5 Å². The van der Waals surface area contributed by atoms with Gasteiger partial charge < -0.3 is 14.4 Å². The fraction of sp³-hybridized carbons (Fsp3) is 0.409. The Kier molecular flexibility index (Phi) is 5.71. The molecule has 2 aromatic rings. The highest BCUT2D eigenvalue weighted by Crippen LogP contribution is 2.37. The van der Waals surface area contributed by atoms with Gasteiger partial charge in [-0.15, -0.1) is 0 Å². The lowest BCUT2D eigenvalue weighted by Gasteiger charge is -2.26. The fourth-order valence-electron chi connectivity index (χ4n) is 3.87. The highest BCUT2D eigenvalue weighted by atomic mass is 32.2. The second-order valence-corrected chi connectivity index (χ2v) is 9.41. The number of carbonyl (C=O) groups excluding carboxylic acids is 1. The molecule has 2 aromatic carbocycles. The SMILES string of the molecule is COc1ccc(C2CCCN2C(=O)c2cccc(S(=O)(=O)NC3CC3)c2)cc1OC. The van der Waals surface area contributed by atoms with E-state index in [2.05, 4.69) is 4.72 Å². The maximum absolute atomic E-state index is 13.3. The zero-order valence-corrected chi connectivity index (χ0v) is 17.9. The van der Waals surface area contributed by atoms with Crippen molar-refractivity contribution >= 4 is 15.9 Å². The van der Waals surface area contributed by atoms with E-state index in [9.17, 15) is 13.2 Å². The molecule has 0 radical (unpaired) electrons. The minimum absolute atomic E-state index is 0.0161. The Balaban J connectivity index is 1.59. The quantitative estimate of drug-likeness (QED) is 0.730. The van der Waals surface area contributed by atoms with Crippen molar-refractivity contribution in [2.45, 2.75) is 42.7 Å². The summed E-state index contributed by atoms with van der Waals surface area (Å²) in [7, 11) is -0.441. The van der Waals surface area contributed by atoms with Gasteiger partial charge >= 0.3 is 0 Å². The first-order chi connectivity index (χ1) is 14.4. The van der Waals surface area contributed by atoms with Gasteiger partial charge in [0.1, 0.15) is 0 Å². The molecule has 2 aliphatic rings. The van der Waals surface area contributed by atoms with Crippen LogP contribution < -0.4 is 14.2 Å². The standard InChI is InChI=1S/C22H26N2O5S/c1-28-20-11-8-15(14-21(20)29-2)19-7-4-12-24(19)22(25)16-5-3-6-18(13-16)30(26,27)23-17-9-10-17/h3,5-6,8,11,13-14,17,19,23H,4,7,9-10,12H2,1-2H3. The summed E-state index contributed by atoms with van der Waals surface area (Å²) in [6, 6.07) is 11.9. The van der Waals surface area contributed by atoms with Gasteiger partial charge in [-0.3, -0.25) is 4.79 Å². The molecule has 0 aromatic heterocycles. The maximum Gasteiger partial charge on any atom is 0.254 e. The summed E-state index contributed by atoms with van der Waals surface area (Å²) < 4.78 is 38.4. The Bertz CT molecular complexity index is 1050. The van der Waals surface area contributed by atoms with Crippen molar-refractivity contribution in [3.63, 3.8) is 0 Å². The van der Waals surface area contributed by atoms with Gasteiger partial charge in [0, 0.05) is 18.2 Å². The number of nitrogens with zero attached hydrogens (tertiary/aromatic N) is 1. The van der Waals surface area contributed by atoms with E-state index in [0.29, 0.717) is 23.6 Å². The number of carbonyl (C=O) groups is 1. The predicted octanol–water partition coefficient (Wildman–Crippen LogP) is 3.12. The Labute approximate surface area is 177 Å². The lowest BCUT2D eigenvalue weighted by Crippen LogP contribution is -2.31. The van der Waals surface area contributed by atoms with Crippen LogP contribution in [-0.2, 0) is 10.0 Å². The average molecular weight is 431 g/mol. The minimum Gasteiger partial charge on any atom is -0.493 e. The molecule has 1 amide bonds. The Hall–Kier alpha value is -2.58. The number of hydrogen-bond donors (Lipinski definition) is 1. The summed E-state index contributed by atoms with van der Waals surface area (Å²) in [4.78, 5) is 15.2. The third-order valence-electron chi connectivity index (χ3n) is 5.60. The summed E-state index contributed by atoms with van der Waals surface area (Å²) >= 11 is 0. The zero-order valence-electron chi connectivity index (χ0n) is 17.1. The van der Waals surface area contributed by atoms with E-state index in [0.717, 1.165) is 31.2 Å². The molecule has 7 nitrogen and oxygen atoms in total. The molecule has 0 bridgehead atoms. The van der Waals surface area contributed by atoms with E-state index in [1.54, 1.807) is 31.3 Å². The Morgan fingerprint density at radius 2 is 1.80 bits per heavy atom. The Morgan fingerprint density at radius 3 is 2.50 bits per heavy atom. The summed E-state index contributed by atoms with van der Waals surface area (Å²) in [6.07, 6.45) is 3.44. The van der Waals surface area contributed by atoms with Crippen molar-refractivity contribution in [2.24, 2.45) is 0 Å². The smallest absolute Gasteiger partial charge is 0.254 e. The van der Waals surface area contributed by atoms with E-state index in [1.807, 2.05) is 18.2 Å². The number of amides is 1. The van der Waals surface area contributed by atoms with Crippen molar-refractivity contribution in [3.8, 4) is 11.5 Å². The number of hydrogen-bond acceptors (Lipinski definition) is 5. The molecule has 8 heteroatoms. The first-order valence-electron chi connectivity index (χ1n) is 10.1. The van der Waals surface area contributed by atoms with Gasteiger partial charge in [-0.2, -0.15) is 0 Å². The molecule has 30 heavy (non-hydrogen) atoms. The molecule has 1 unspecified atom stereocenters. The lowest BCUT2D eigenvalue weighted by atomic mass is 10.0. The van der Waals surface area contributed by atoms with Crippen LogP contribution >= 0.6 is 0 Å². The van der Waals surface area contributed by atoms with Crippen molar-refractivity contribution in [1.82, 2.24) is 9.62 Å². The van der Waals surface area contributed by atoms with Crippen LogP contribution in [0.25, 0.3) is 0 Å². The van der Waals surface area contributed by atoms with Crippen molar-refractivity contribution < 1.29 is 22.7 Å². The monoisotopic (exact) mass is 430 g/mol. The molecule has 1 aliphatic carbocycles. The molecule has 160 valence electrons. The average Bonchev–Trinajstić information content (AvgIpc) is 3.43. The first kappa shape index (κ1) is 20.7. The molecular weight excluding hydrogens is 404 g/mol. The fourth-order valence-corrected chi connectivity index (χ4v) is 5.22. The van der Waals surface area contributed by atoms with Crippen LogP contribution in [0.4, 0.5) is 0 Å². The van der Waals surface area contributed by atoms with Gasteiger partial charge in [0.2, 0.25) is 10.0 Å². The third kappa shape index (κ3) is 4.15. The van der Waals surface area contributed by atoms with Crippen LogP contribution in [0.3, 0.4) is 0 Å². The summed E-state index contributed by atoms with van der Waals surface area (Å²) in [5, 5.41) is 0. The van der Waals surface area contributed by atoms with Crippen LogP contribution in [0.1, 0.15) is 47.6 Å². The van der Waals surface area contributed by atoms with E-state index in [-0.39, 0.29) is 22.9 Å². The number of nitrogens with one attached hydrogen (secondary N) is 1. The number of ether oxygens (including phenoxy) is 2. The number of rotatable bonds is 7. The molecule has 1 aliphatic heterocycles. The summed E-state index contributed by atoms with van der Waals surface area (Å²) in [6.45, 7) is 0.620. The molecule has 1 saturated heterocycles. The Morgan fingerprint density at radius 1 is 1.03 bits per heavy atom. The largest absolute Gasteiger partial charge is 0.493 e. The van der Waals surface area contributed by atoms with Gasteiger partial charge in [0.15, 0.2) is 11.5 Å². The van der Waals surface area contributed by atoms with Crippen LogP contribution in [0, 0.1) is 0 Å². The topological polar surface area (TPSA) is 84.9 Å². The van der Waals surface area contributed by atoms with Crippen LogP contribution in [0.2, 0.25) is 0 Å². The summed E-state index contributed by atoms with van der Waals surface area (Å²) in [5.74, 6) is 1.09. The van der Waals surface area contributed by atoms with E-state index in [1.165, 1.54) is 12.1 Å². The van der Waals surface area contributed by atoms with Crippen molar-refractivity contribution in [3.05, 3.63) is 53.6 Å². The predicted molar refractivity (Wildman–Crippen MR) is 112 cm³/mol. The maximum atomic E-state index is 13.3. The van der Waals surface area contributed by atoms with E-state index in [4.69, 9.17) is 9.47 Å². The van der Waals surface area contributed by atoms with Gasteiger partial charge in [0.25, 0.3) is 5.91 Å². The second kappa shape index (κ2) is 8.28. The zero-order chi connectivity index (χ0) is 21.3. The number of likely N-dealkylation sites (tertiary alicyclic amines) is 1. The second-order valence-electron chi connectivity index (χ2n) is 7.69. The first-order valence-corrected chi connectivity index (χ1v) is 11.6. The molecule has 1 saturated carbocycles. The third-order valence-corrected chi connectivity index (χ3v) is 7.11. The molecule has 1 atom stereocenters. The number of benzene rings is 2. The lowest BCUT2D eigenvalue weighted by molar-refractivity contribution is 0.0735. The molecule has 1 N–H and O–H groups in total. The molecule has 1 heterocycles. The highest BCUT2D eigenvalue weighted by molar-refractivity contribution is 7.89. The number of sulfonamides is 1. The minimum atomic E-state index is -3.61. The van der Waals surface area contributed by atoms with Crippen LogP contribution in [-0.4, -0.2) is 46.0 Å². The highest BCUT2D eigenvalue weighted by Gasteiger charge is 2.32. The van der Waals surface area contributed by atoms with Crippen molar-refractivity contribution in [1.29, 1.82) is 0 Å².